The van der Waals surface area contributed by atoms with Gasteiger partial charge in [0.05, 0.1) is 0 Å². The third-order valence-electron chi connectivity index (χ3n) is 3.67. The van der Waals surface area contributed by atoms with E-state index < -0.39 is 0 Å². The lowest BCUT2D eigenvalue weighted by Crippen LogP contribution is -2.29. The number of rotatable bonds is 5. The van der Waals surface area contributed by atoms with Crippen molar-refractivity contribution in [3.8, 4) is 0 Å². The van der Waals surface area contributed by atoms with E-state index in [0.29, 0.717) is 6.54 Å². The molecule has 1 aromatic rings. The molecule has 92 valence electrons. The van der Waals surface area contributed by atoms with Crippen molar-refractivity contribution in [2.45, 2.75) is 45.2 Å². The molecule has 1 heterocycles. The minimum Gasteiger partial charge on any atom is -0.353 e. The second kappa shape index (κ2) is 4.30. The molecule has 0 unspecified atom stereocenters. The molecule has 2 N–H and O–H groups in total. The van der Waals surface area contributed by atoms with Crippen LogP contribution in [0.25, 0.3) is 0 Å². The molecule has 0 spiro atoms. The number of aromatic nitrogens is 1. The lowest BCUT2D eigenvalue weighted by molar-refractivity contribution is 0.707. The molecular formula is C14H21N3. The number of nitrogens with two attached hydrogens (primary N) is 1. The molecule has 0 saturated heterocycles. The highest BCUT2D eigenvalue weighted by atomic mass is 15.2. The smallest absolute Gasteiger partial charge is 0.129 e. The average Bonchev–Trinajstić information content (AvgIpc) is 3.16. The number of pyridine rings is 1. The van der Waals surface area contributed by atoms with E-state index in [2.05, 4.69) is 24.0 Å². The van der Waals surface area contributed by atoms with Crippen LogP contribution in [0.3, 0.4) is 0 Å². The largest absolute Gasteiger partial charge is 0.353 e. The second-order valence-corrected chi connectivity index (χ2v) is 5.51. The Morgan fingerprint density at radius 1 is 1.29 bits per heavy atom. The lowest BCUT2D eigenvalue weighted by atomic mass is 10.2. The summed E-state index contributed by atoms with van der Waals surface area (Å²) in [6.07, 6.45) is 5.47. The Morgan fingerprint density at radius 3 is 2.65 bits per heavy atom. The SMILES string of the molecule is Cc1cc(CN)cc(N(CC2CC2)C2CC2)n1. The molecular weight excluding hydrogens is 210 g/mol. The van der Waals surface area contributed by atoms with Crippen molar-refractivity contribution < 1.29 is 0 Å². The summed E-state index contributed by atoms with van der Waals surface area (Å²) in [6, 6.07) is 5.01. The van der Waals surface area contributed by atoms with Gasteiger partial charge in [0.25, 0.3) is 0 Å². The summed E-state index contributed by atoms with van der Waals surface area (Å²) in [6.45, 7) is 3.87. The molecule has 0 amide bonds. The van der Waals surface area contributed by atoms with Gasteiger partial charge in [-0.25, -0.2) is 4.98 Å². The molecule has 3 heteroatoms. The predicted molar refractivity (Wildman–Crippen MR) is 70.0 cm³/mol. The summed E-state index contributed by atoms with van der Waals surface area (Å²) in [5, 5.41) is 0. The van der Waals surface area contributed by atoms with Gasteiger partial charge in [-0.15, -0.1) is 0 Å². The maximum Gasteiger partial charge on any atom is 0.129 e. The molecule has 2 saturated carbocycles. The number of hydrogen-bond donors (Lipinski definition) is 1. The zero-order chi connectivity index (χ0) is 11.8. The maximum absolute atomic E-state index is 5.75. The Kier molecular flexibility index (Phi) is 2.79. The lowest BCUT2D eigenvalue weighted by Gasteiger charge is -2.24. The number of hydrogen-bond acceptors (Lipinski definition) is 3. The van der Waals surface area contributed by atoms with E-state index in [1.54, 1.807) is 0 Å². The van der Waals surface area contributed by atoms with Crippen molar-refractivity contribution in [1.29, 1.82) is 0 Å². The first-order valence-corrected chi connectivity index (χ1v) is 6.70. The van der Waals surface area contributed by atoms with Gasteiger partial charge in [-0.3, -0.25) is 0 Å². The molecule has 3 rings (SSSR count). The van der Waals surface area contributed by atoms with Crippen molar-refractivity contribution in [3.63, 3.8) is 0 Å². The van der Waals surface area contributed by atoms with Gasteiger partial charge < -0.3 is 10.6 Å². The van der Waals surface area contributed by atoms with Crippen LogP contribution >= 0.6 is 0 Å². The summed E-state index contributed by atoms with van der Waals surface area (Å²) in [5.41, 5.74) is 8.04. The summed E-state index contributed by atoms with van der Waals surface area (Å²) in [4.78, 5) is 7.21. The van der Waals surface area contributed by atoms with E-state index in [-0.39, 0.29) is 0 Å². The van der Waals surface area contributed by atoms with Gasteiger partial charge in [0, 0.05) is 24.8 Å². The topological polar surface area (TPSA) is 42.1 Å². The van der Waals surface area contributed by atoms with E-state index in [9.17, 15) is 0 Å². The Morgan fingerprint density at radius 2 is 2.06 bits per heavy atom. The van der Waals surface area contributed by atoms with Crippen molar-refractivity contribution >= 4 is 5.82 Å². The van der Waals surface area contributed by atoms with Crippen LogP contribution in [-0.2, 0) is 6.54 Å². The first-order chi connectivity index (χ1) is 8.26. The fourth-order valence-corrected chi connectivity index (χ4v) is 2.38. The molecule has 0 aromatic carbocycles. The van der Waals surface area contributed by atoms with E-state index in [1.807, 2.05) is 0 Å². The van der Waals surface area contributed by atoms with Crippen LogP contribution < -0.4 is 10.6 Å². The first-order valence-electron chi connectivity index (χ1n) is 6.70. The van der Waals surface area contributed by atoms with Crippen molar-refractivity contribution in [3.05, 3.63) is 23.4 Å². The molecule has 2 fully saturated rings. The fourth-order valence-electron chi connectivity index (χ4n) is 2.38. The summed E-state index contributed by atoms with van der Waals surface area (Å²) in [7, 11) is 0. The monoisotopic (exact) mass is 231 g/mol. The van der Waals surface area contributed by atoms with Gasteiger partial charge >= 0.3 is 0 Å². The van der Waals surface area contributed by atoms with E-state index in [0.717, 1.165) is 23.5 Å². The Hall–Kier alpha value is -1.09. The summed E-state index contributed by atoms with van der Waals surface area (Å²) in [5.74, 6) is 2.07. The molecule has 0 bridgehead atoms. The van der Waals surface area contributed by atoms with Crippen LogP contribution in [0, 0.1) is 12.8 Å². The van der Waals surface area contributed by atoms with Crippen molar-refractivity contribution in [2.24, 2.45) is 11.7 Å². The molecule has 1 aromatic heterocycles. The maximum atomic E-state index is 5.75. The highest BCUT2D eigenvalue weighted by molar-refractivity contribution is 5.45. The van der Waals surface area contributed by atoms with Gasteiger partial charge in [-0.05, 0) is 56.2 Å². The van der Waals surface area contributed by atoms with Gasteiger partial charge in [0.1, 0.15) is 5.82 Å². The number of nitrogens with zero attached hydrogens (tertiary/aromatic N) is 2. The molecule has 0 atom stereocenters. The fraction of sp³-hybridized carbons (Fsp3) is 0.643. The van der Waals surface area contributed by atoms with Gasteiger partial charge in [-0.1, -0.05) is 0 Å². The minimum absolute atomic E-state index is 0.609. The van der Waals surface area contributed by atoms with Crippen LogP contribution in [0.15, 0.2) is 12.1 Å². The predicted octanol–water partition coefficient (Wildman–Crippen LogP) is 2.23. The van der Waals surface area contributed by atoms with Gasteiger partial charge in [0.15, 0.2) is 0 Å². The second-order valence-electron chi connectivity index (χ2n) is 5.51. The molecule has 3 nitrogen and oxygen atoms in total. The molecule has 2 aliphatic carbocycles. The van der Waals surface area contributed by atoms with E-state index in [1.165, 1.54) is 37.8 Å². The van der Waals surface area contributed by atoms with E-state index >= 15 is 0 Å². The van der Waals surface area contributed by atoms with E-state index in [4.69, 9.17) is 10.7 Å². The van der Waals surface area contributed by atoms with Crippen LogP contribution in [0.2, 0.25) is 0 Å². The normalized spacial score (nSPS) is 19.4. The quantitative estimate of drug-likeness (QED) is 0.845. The summed E-state index contributed by atoms with van der Waals surface area (Å²) >= 11 is 0. The van der Waals surface area contributed by atoms with Gasteiger partial charge in [-0.2, -0.15) is 0 Å². The highest BCUT2D eigenvalue weighted by Crippen LogP contribution is 2.37. The number of anilines is 1. The summed E-state index contributed by atoms with van der Waals surface area (Å²) < 4.78 is 0. The Labute approximate surface area is 103 Å². The Balaban J connectivity index is 1.85. The molecule has 17 heavy (non-hydrogen) atoms. The third-order valence-corrected chi connectivity index (χ3v) is 3.67. The third kappa shape index (κ3) is 2.60. The van der Waals surface area contributed by atoms with Crippen LogP contribution in [0.5, 0.6) is 0 Å². The van der Waals surface area contributed by atoms with Gasteiger partial charge in [0.2, 0.25) is 0 Å². The van der Waals surface area contributed by atoms with Crippen LogP contribution in [0.4, 0.5) is 5.82 Å². The van der Waals surface area contributed by atoms with Crippen LogP contribution in [0.1, 0.15) is 36.9 Å². The average molecular weight is 231 g/mol. The highest BCUT2D eigenvalue weighted by Gasteiger charge is 2.34. The first kappa shape index (κ1) is 11.0. The molecule has 0 radical (unpaired) electrons. The Bertz CT molecular complexity index is 408. The standard InChI is InChI=1S/C14H21N3/c1-10-6-12(8-15)7-14(16-10)17(13-4-5-13)9-11-2-3-11/h6-7,11,13H,2-5,8-9,15H2,1H3. The van der Waals surface area contributed by atoms with Crippen LogP contribution in [-0.4, -0.2) is 17.6 Å². The molecule has 2 aliphatic rings. The number of aryl methyl sites for hydroxylation is 1. The van der Waals surface area contributed by atoms with Crippen molar-refractivity contribution in [1.82, 2.24) is 4.98 Å². The zero-order valence-electron chi connectivity index (χ0n) is 10.5. The zero-order valence-corrected chi connectivity index (χ0v) is 10.5. The minimum atomic E-state index is 0.609. The molecule has 0 aliphatic heterocycles. The van der Waals surface area contributed by atoms with Crippen molar-refractivity contribution in [2.75, 3.05) is 11.4 Å².